The van der Waals surface area contributed by atoms with Crippen molar-refractivity contribution >= 4 is 23.9 Å². The van der Waals surface area contributed by atoms with Crippen LogP contribution in [0.15, 0.2) is 30.3 Å². The summed E-state index contributed by atoms with van der Waals surface area (Å²) in [4.78, 5) is 50.5. The van der Waals surface area contributed by atoms with Crippen LogP contribution in [-0.2, 0) is 23.9 Å². The molecule has 0 radical (unpaired) electrons. The molecule has 0 aliphatic carbocycles. The standard InChI is InChI=1S/C23H31N3O7/c1-6-26(21(30)17(15-27)25-22(31)33-23(3,4)5)19(16-11-9-8-10-12-16)20(29)24-14-13-18(28)32-7-2/h1,8-12,17,19,27H,7,13-15H2,2-5H3,(H,24,29)(H,25,31). The Hall–Kier alpha value is -3.58. The summed E-state index contributed by atoms with van der Waals surface area (Å²) in [6.45, 7) is 6.00. The molecule has 0 aromatic heterocycles. The van der Waals surface area contributed by atoms with Gasteiger partial charge in [-0.2, -0.15) is 0 Å². The zero-order valence-corrected chi connectivity index (χ0v) is 19.3. The van der Waals surface area contributed by atoms with Gasteiger partial charge in [0.05, 0.1) is 19.6 Å². The number of carbonyl (C=O) groups is 4. The van der Waals surface area contributed by atoms with Gasteiger partial charge in [-0.25, -0.2) is 4.79 Å². The molecule has 2 unspecified atom stereocenters. The second-order valence-electron chi connectivity index (χ2n) is 7.88. The summed E-state index contributed by atoms with van der Waals surface area (Å²) in [6, 6.07) is 7.69. The van der Waals surface area contributed by atoms with Gasteiger partial charge in [0.1, 0.15) is 17.7 Å². The summed E-state index contributed by atoms with van der Waals surface area (Å²) in [7, 11) is 0. The highest BCUT2D eigenvalue weighted by molar-refractivity contribution is 5.93. The van der Waals surface area contributed by atoms with Gasteiger partial charge in [0, 0.05) is 12.6 Å². The van der Waals surface area contributed by atoms with Crippen molar-refractivity contribution in [2.45, 2.75) is 51.8 Å². The smallest absolute Gasteiger partial charge is 0.408 e. The van der Waals surface area contributed by atoms with Crippen LogP contribution in [0.25, 0.3) is 0 Å². The minimum atomic E-state index is -1.45. The van der Waals surface area contributed by atoms with Crippen LogP contribution in [0.5, 0.6) is 0 Å². The van der Waals surface area contributed by atoms with Crippen molar-refractivity contribution in [3.05, 3.63) is 35.9 Å². The third kappa shape index (κ3) is 9.21. The molecule has 0 bridgehead atoms. The van der Waals surface area contributed by atoms with Crippen molar-refractivity contribution in [2.75, 3.05) is 19.8 Å². The van der Waals surface area contributed by atoms with E-state index in [1.54, 1.807) is 58.0 Å². The predicted octanol–water partition coefficient (Wildman–Crippen LogP) is 1.10. The zero-order chi connectivity index (χ0) is 25.0. The van der Waals surface area contributed by atoms with Crippen molar-refractivity contribution in [1.82, 2.24) is 15.5 Å². The second kappa shape index (κ2) is 13.1. The summed E-state index contributed by atoms with van der Waals surface area (Å²) >= 11 is 0. The average molecular weight is 462 g/mol. The largest absolute Gasteiger partial charge is 0.466 e. The van der Waals surface area contributed by atoms with Crippen molar-refractivity contribution in [2.24, 2.45) is 0 Å². The van der Waals surface area contributed by atoms with E-state index in [1.807, 2.05) is 0 Å². The zero-order valence-electron chi connectivity index (χ0n) is 19.3. The Labute approximate surface area is 193 Å². The van der Waals surface area contributed by atoms with Gasteiger partial charge in [0.2, 0.25) is 5.91 Å². The predicted molar refractivity (Wildman–Crippen MR) is 119 cm³/mol. The van der Waals surface area contributed by atoms with Gasteiger partial charge in [-0.05, 0) is 33.3 Å². The number of benzene rings is 1. The molecule has 2 atom stereocenters. The number of aliphatic hydroxyl groups excluding tert-OH is 1. The molecular formula is C23H31N3O7. The molecule has 0 aliphatic rings. The van der Waals surface area contributed by atoms with Crippen LogP contribution in [0.4, 0.5) is 4.79 Å². The Bertz CT molecular complexity index is 859. The van der Waals surface area contributed by atoms with Gasteiger partial charge in [-0.1, -0.05) is 36.8 Å². The average Bonchev–Trinajstić information content (AvgIpc) is 2.74. The van der Waals surface area contributed by atoms with E-state index in [0.29, 0.717) is 5.56 Å². The van der Waals surface area contributed by atoms with Crippen LogP contribution >= 0.6 is 0 Å². The van der Waals surface area contributed by atoms with Gasteiger partial charge in [0.25, 0.3) is 5.91 Å². The molecule has 0 heterocycles. The quantitative estimate of drug-likeness (QED) is 0.270. The summed E-state index contributed by atoms with van der Waals surface area (Å²) in [6.07, 6.45) is 4.57. The molecule has 0 aliphatic heterocycles. The maximum Gasteiger partial charge on any atom is 0.408 e. The van der Waals surface area contributed by atoms with E-state index in [-0.39, 0.29) is 19.6 Å². The molecule has 3 N–H and O–H groups in total. The Morgan fingerprint density at radius 1 is 1.18 bits per heavy atom. The van der Waals surface area contributed by atoms with Crippen LogP contribution in [0.3, 0.4) is 0 Å². The van der Waals surface area contributed by atoms with Crippen LogP contribution in [0.2, 0.25) is 0 Å². The SMILES string of the molecule is C#CN(C(=O)C(CO)NC(=O)OC(C)(C)C)C(C(=O)NCCC(=O)OCC)c1ccccc1. The number of nitrogens with one attached hydrogen (secondary N) is 2. The molecule has 0 saturated carbocycles. The van der Waals surface area contributed by atoms with Crippen LogP contribution < -0.4 is 10.6 Å². The van der Waals surface area contributed by atoms with Gasteiger partial charge < -0.3 is 25.2 Å². The maximum absolute atomic E-state index is 13.1. The summed E-state index contributed by atoms with van der Waals surface area (Å²) in [5.74, 6) is -2.02. The van der Waals surface area contributed by atoms with Crippen LogP contribution in [0, 0.1) is 12.5 Å². The van der Waals surface area contributed by atoms with E-state index in [4.69, 9.17) is 15.9 Å². The minimum absolute atomic E-state index is 0.0345. The maximum atomic E-state index is 13.1. The molecule has 10 heteroatoms. The fraction of sp³-hybridized carbons (Fsp3) is 0.478. The van der Waals surface area contributed by atoms with Gasteiger partial charge in [-0.3, -0.25) is 19.3 Å². The van der Waals surface area contributed by atoms with E-state index in [0.717, 1.165) is 4.90 Å². The molecule has 180 valence electrons. The van der Waals surface area contributed by atoms with E-state index in [9.17, 15) is 24.3 Å². The third-order valence-corrected chi connectivity index (χ3v) is 4.10. The van der Waals surface area contributed by atoms with Gasteiger partial charge >= 0.3 is 12.1 Å². The number of amides is 3. The first-order valence-electron chi connectivity index (χ1n) is 10.4. The van der Waals surface area contributed by atoms with E-state index >= 15 is 0 Å². The number of hydrogen-bond acceptors (Lipinski definition) is 7. The lowest BCUT2D eigenvalue weighted by molar-refractivity contribution is -0.143. The van der Waals surface area contributed by atoms with Crippen LogP contribution in [-0.4, -0.2) is 65.3 Å². The fourth-order valence-electron chi connectivity index (χ4n) is 2.74. The lowest BCUT2D eigenvalue weighted by Gasteiger charge is -2.29. The topological polar surface area (TPSA) is 134 Å². The molecule has 33 heavy (non-hydrogen) atoms. The summed E-state index contributed by atoms with van der Waals surface area (Å²) in [5, 5.41) is 14.5. The first-order chi connectivity index (χ1) is 15.5. The van der Waals surface area contributed by atoms with E-state index in [1.165, 1.54) is 0 Å². The monoisotopic (exact) mass is 461 g/mol. The lowest BCUT2D eigenvalue weighted by atomic mass is 10.0. The molecule has 1 aromatic rings. The van der Waals surface area contributed by atoms with E-state index in [2.05, 4.69) is 16.7 Å². The Kier molecular flexibility index (Phi) is 10.9. The minimum Gasteiger partial charge on any atom is -0.466 e. The van der Waals surface area contributed by atoms with Crippen molar-refractivity contribution in [1.29, 1.82) is 0 Å². The summed E-state index contributed by atoms with van der Waals surface area (Å²) < 4.78 is 9.94. The number of hydrogen-bond donors (Lipinski definition) is 3. The second-order valence-corrected chi connectivity index (χ2v) is 7.88. The normalized spacial score (nSPS) is 12.5. The number of rotatable bonds is 10. The van der Waals surface area contributed by atoms with Gasteiger partial charge in [0.15, 0.2) is 0 Å². The Balaban J connectivity index is 3.09. The Morgan fingerprint density at radius 3 is 2.33 bits per heavy atom. The van der Waals surface area contributed by atoms with Crippen molar-refractivity contribution < 1.29 is 33.8 Å². The number of terminal acetylenes is 1. The molecule has 1 rings (SSSR count). The number of ether oxygens (including phenoxy) is 2. The van der Waals surface area contributed by atoms with Crippen LogP contribution in [0.1, 0.15) is 45.7 Å². The number of aliphatic hydroxyl groups is 1. The first kappa shape index (κ1) is 27.5. The number of alkyl carbamates (subject to hydrolysis) is 1. The Morgan fingerprint density at radius 2 is 1.82 bits per heavy atom. The van der Waals surface area contributed by atoms with Crippen molar-refractivity contribution in [3.63, 3.8) is 0 Å². The molecule has 10 nitrogen and oxygen atoms in total. The lowest BCUT2D eigenvalue weighted by Crippen LogP contribution is -2.53. The summed E-state index contributed by atoms with van der Waals surface area (Å²) in [5.41, 5.74) is -0.434. The third-order valence-electron chi connectivity index (χ3n) is 4.10. The van der Waals surface area contributed by atoms with E-state index < -0.39 is 48.2 Å². The first-order valence-corrected chi connectivity index (χ1v) is 10.4. The molecule has 3 amide bonds. The number of nitrogens with zero attached hydrogens (tertiary/aromatic N) is 1. The van der Waals surface area contributed by atoms with Gasteiger partial charge in [-0.15, -0.1) is 0 Å². The number of esters is 1. The highest BCUT2D eigenvalue weighted by Gasteiger charge is 2.35. The molecule has 0 spiro atoms. The molecular weight excluding hydrogens is 430 g/mol. The molecule has 0 saturated heterocycles. The number of carbonyl (C=O) groups excluding carboxylic acids is 4. The molecule has 1 aromatic carbocycles. The molecule has 0 fully saturated rings. The fourth-order valence-corrected chi connectivity index (χ4v) is 2.74. The highest BCUT2D eigenvalue weighted by atomic mass is 16.6. The van der Waals surface area contributed by atoms with Crippen molar-refractivity contribution in [3.8, 4) is 12.5 Å². The highest BCUT2D eigenvalue weighted by Crippen LogP contribution is 2.21.